The van der Waals surface area contributed by atoms with Crippen molar-refractivity contribution in [3.05, 3.63) is 136 Å². The molecule has 0 aliphatic heterocycles. The lowest BCUT2D eigenvalue weighted by molar-refractivity contribution is 0.0593. The molecule has 0 saturated heterocycles. The van der Waals surface area contributed by atoms with Crippen molar-refractivity contribution in [1.29, 1.82) is 0 Å². The topological polar surface area (TPSA) is 27.1 Å². The van der Waals surface area contributed by atoms with Gasteiger partial charge in [-0.25, -0.2) is 4.98 Å². The van der Waals surface area contributed by atoms with Gasteiger partial charge in [-0.15, -0.1) is 0 Å². The third-order valence-electron chi connectivity index (χ3n) is 5.67. The summed E-state index contributed by atoms with van der Waals surface area (Å²) in [4.78, 5) is 5.01. The Hall–Kier alpha value is -3.11. The van der Waals surface area contributed by atoms with E-state index in [9.17, 15) is 0 Å². The molecule has 0 spiro atoms. The minimum atomic E-state index is -0.377. The lowest BCUT2D eigenvalue weighted by Gasteiger charge is -2.21. The normalized spacial score (nSPS) is 12.2. The molecule has 33 heavy (non-hydrogen) atoms. The summed E-state index contributed by atoms with van der Waals surface area (Å²) in [7, 11) is 0. The first kappa shape index (κ1) is 21.7. The zero-order valence-electron chi connectivity index (χ0n) is 17.9. The highest BCUT2D eigenvalue weighted by Gasteiger charge is 2.24. The minimum absolute atomic E-state index is 0.370. The number of hydrogen-bond acceptors (Lipinski definition) is 2. The van der Waals surface area contributed by atoms with E-state index in [1.165, 1.54) is 0 Å². The van der Waals surface area contributed by atoms with Gasteiger partial charge in [-0.3, -0.25) is 0 Å². The standard InChI is InChI=1S/C28H22Cl2N2O/c29-23-14-6-4-12-21(23)18-32-26-17-9-8-16-25(26)31-28(32)27(20-10-2-1-3-11-20)33-19-22-13-5-7-15-24(22)30/h1-17,27H,18-19H2. The van der Waals surface area contributed by atoms with Gasteiger partial charge in [-0.1, -0.05) is 102 Å². The number of para-hydroxylation sites is 2. The van der Waals surface area contributed by atoms with Crippen LogP contribution in [0.5, 0.6) is 0 Å². The van der Waals surface area contributed by atoms with Crippen molar-refractivity contribution < 1.29 is 4.74 Å². The minimum Gasteiger partial charge on any atom is -0.361 e. The van der Waals surface area contributed by atoms with Crippen LogP contribution in [0.1, 0.15) is 28.6 Å². The summed E-state index contributed by atoms with van der Waals surface area (Å²) in [5.74, 6) is 0.828. The van der Waals surface area contributed by atoms with Crippen LogP contribution in [-0.4, -0.2) is 9.55 Å². The number of imidazole rings is 1. The van der Waals surface area contributed by atoms with Gasteiger partial charge in [0.05, 0.1) is 24.2 Å². The average molecular weight is 473 g/mol. The van der Waals surface area contributed by atoms with Crippen molar-refractivity contribution in [3.8, 4) is 0 Å². The lowest BCUT2D eigenvalue weighted by Crippen LogP contribution is -2.15. The van der Waals surface area contributed by atoms with Gasteiger partial charge in [0, 0.05) is 10.0 Å². The second-order valence-electron chi connectivity index (χ2n) is 7.83. The van der Waals surface area contributed by atoms with Gasteiger partial charge < -0.3 is 9.30 Å². The van der Waals surface area contributed by atoms with Crippen molar-refractivity contribution in [1.82, 2.24) is 9.55 Å². The van der Waals surface area contributed by atoms with E-state index in [1.54, 1.807) is 0 Å². The molecule has 0 amide bonds. The number of benzene rings is 4. The maximum atomic E-state index is 6.52. The third kappa shape index (κ3) is 4.67. The molecule has 0 radical (unpaired) electrons. The van der Waals surface area contributed by atoms with E-state index in [0.29, 0.717) is 18.2 Å². The number of hydrogen-bond donors (Lipinski definition) is 0. The first-order valence-corrected chi connectivity index (χ1v) is 11.5. The van der Waals surface area contributed by atoms with Crippen LogP contribution in [0.4, 0.5) is 0 Å². The van der Waals surface area contributed by atoms with Gasteiger partial charge >= 0.3 is 0 Å². The Kier molecular flexibility index (Phi) is 6.45. The highest BCUT2D eigenvalue weighted by molar-refractivity contribution is 6.31. The zero-order chi connectivity index (χ0) is 22.6. The number of aromatic nitrogens is 2. The SMILES string of the molecule is Clc1ccccc1COC(c1ccccc1)c1nc2ccccc2n1Cc1ccccc1Cl. The molecule has 3 nitrogen and oxygen atoms in total. The summed E-state index contributed by atoms with van der Waals surface area (Å²) in [6, 6.07) is 34.0. The average Bonchev–Trinajstić information content (AvgIpc) is 3.20. The van der Waals surface area contributed by atoms with Crippen LogP contribution < -0.4 is 0 Å². The van der Waals surface area contributed by atoms with Gasteiger partial charge in [-0.2, -0.15) is 0 Å². The Balaban J connectivity index is 1.61. The van der Waals surface area contributed by atoms with E-state index in [-0.39, 0.29) is 6.10 Å². The molecular weight excluding hydrogens is 451 g/mol. The van der Waals surface area contributed by atoms with Crippen molar-refractivity contribution >= 4 is 34.2 Å². The maximum absolute atomic E-state index is 6.52. The molecule has 1 atom stereocenters. The second-order valence-corrected chi connectivity index (χ2v) is 8.64. The predicted molar refractivity (Wildman–Crippen MR) is 135 cm³/mol. The molecule has 1 aromatic heterocycles. The van der Waals surface area contributed by atoms with Crippen LogP contribution in [-0.2, 0) is 17.9 Å². The molecule has 5 aromatic rings. The molecule has 0 saturated carbocycles. The van der Waals surface area contributed by atoms with Crippen LogP contribution in [0.2, 0.25) is 10.0 Å². The summed E-state index contributed by atoms with van der Waals surface area (Å²) in [6.07, 6.45) is -0.377. The molecule has 0 aliphatic carbocycles. The van der Waals surface area contributed by atoms with Gasteiger partial charge in [0.1, 0.15) is 11.9 Å². The third-order valence-corrected chi connectivity index (χ3v) is 6.41. The number of halogens is 2. The van der Waals surface area contributed by atoms with Crippen LogP contribution in [0, 0.1) is 0 Å². The molecule has 0 bridgehead atoms. The molecule has 1 unspecified atom stereocenters. The molecule has 5 heteroatoms. The van der Waals surface area contributed by atoms with E-state index in [4.69, 9.17) is 32.9 Å². The van der Waals surface area contributed by atoms with Gasteiger partial charge in [0.25, 0.3) is 0 Å². The zero-order valence-corrected chi connectivity index (χ0v) is 19.4. The van der Waals surface area contributed by atoms with Crippen molar-refractivity contribution in [3.63, 3.8) is 0 Å². The molecule has 4 aromatic carbocycles. The molecule has 5 rings (SSSR count). The molecule has 164 valence electrons. The predicted octanol–water partition coefficient (Wildman–Crippen LogP) is 7.70. The monoisotopic (exact) mass is 472 g/mol. The van der Waals surface area contributed by atoms with Gasteiger partial charge in [-0.05, 0) is 41.0 Å². The van der Waals surface area contributed by atoms with Crippen LogP contribution >= 0.6 is 23.2 Å². The summed E-state index contributed by atoms with van der Waals surface area (Å²) in [5.41, 5.74) is 4.95. The smallest absolute Gasteiger partial charge is 0.144 e. The summed E-state index contributed by atoms with van der Waals surface area (Å²) in [6.45, 7) is 0.961. The Bertz CT molecular complexity index is 1380. The van der Waals surface area contributed by atoms with E-state index in [1.807, 2.05) is 84.9 Å². The summed E-state index contributed by atoms with van der Waals surface area (Å²) < 4.78 is 8.71. The molecule has 0 fully saturated rings. The highest BCUT2D eigenvalue weighted by atomic mass is 35.5. The summed E-state index contributed by atoms with van der Waals surface area (Å²) in [5, 5.41) is 1.42. The number of rotatable bonds is 7. The fraction of sp³-hybridized carbons (Fsp3) is 0.107. The Morgan fingerprint density at radius 3 is 2.03 bits per heavy atom. The first-order valence-electron chi connectivity index (χ1n) is 10.8. The highest BCUT2D eigenvalue weighted by Crippen LogP contribution is 2.32. The first-order chi connectivity index (χ1) is 16.2. The lowest BCUT2D eigenvalue weighted by atomic mass is 10.1. The van der Waals surface area contributed by atoms with Crippen LogP contribution in [0.15, 0.2) is 103 Å². The maximum Gasteiger partial charge on any atom is 0.144 e. The molecule has 0 N–H and O–H groups in total. The fourth-order valence-electron chi connectivity index (χ4n) is 3.99. The van der Waals surface area contributed by atoms with E-state index in [2.05, 4.69) is 22.8 Å². The molecular formula is C28H22Cl2N2O. The van der Waals surface area contributed by atoms with Crippen molar-refractivity contribution in [2.24, 2.45) is 0 Å². The Labute approximate surface area is 203 Å². The van der Waals surface area contributed by atoms with Crippen molar-refractivity contribution in [2.75, 3.05) is 0 Å². The quantitative estimate of drug-likeness (QED) is 0.242. The summed E-state index contributed by atoms with van der Waals surface area (Å²) >= 11 is 12.9. The van der Waals surface area contributed by atoms with Crippen molar-refractivity contribution in [2.45, 2.75) is 19.3 Å². The molecule has 0 aliphatic rings. The van der Waals surface area contributed by atoms with E-state index >= 15 is 0 Å². The second kappa shape index (κ2) is 9.80. The van der Waals surface area contributed by atoms with Crippen LogP contribution in [0.25, 0.3) is 11.0 Å². The van der Waals surface area contributed by atoms with Gasteiger partial charge in [0.2, 0.25) is 0 Å². The number of ether oxygens (including phenoxy) is 1. The fourth-order valence-corrected chi connectivity index (χ4v) is 4.38. The largest absolute Gasteiger partial charge is 0.361 e. The number of fused-ring (bicyclic) bond motifs is 1. The molecule has 1 heterocycles. The Morgan fingerprint density at radius 1 is 0.697 bits per heavy atom. The van der Waals surface area contributed by atoms with Gasteiger partial charge in [0.15, 0.2) is 0 Å². The number of nitrogens with zero attached hydrogens (tertiary/aromatic N) is 2. The van der Waals surface area contributed by atoms with E-state index < -0.39 is 0 Å². The Morgan fingerprint density at radius 2 is 1.30 bits per heavy atom. The van der Waals surface area contributed by atoms with E-state index in [0.717, 1.165) is 38.6 Å². The van der Waals surface area contributed by atoms with Crippen LogP contribution in [0.3, 0.4) is 0 Å².